The van der Waals surface area contributed by atoms with Crippen LogP contribution in [0.5, 0.6) is 5.88 Å². The van der Waals surface area contributed by atoms with Crippen LogP contribution in [0, 0.1) is 5.41 Å². The molecule has 44 heavy (non-hydrogen) atoms. The predicted octanol–water partition coefficient (Wildman–Crippen LogP) is 5.08. The van der Waals surface area contributed by atoms with E-state index >= 15 is 0 Å². The van der Waals surface area contributed by atoms with Crippen molar-refractivity contribution in [3.05, 3.63) is 63.3 Å². The third kappa shape index (κ3) is 5.50. The van der Waals surface area contributed by atoms with Gasteiger partial charge >= 0.3 is 0 Å². The molecule has 0 unspecified atom stereocenters. The molecule has 1 aromatic carbocycles. The monoisotopic (exact) mass is 633 g/mol. The van der Waals surface area contributed by atoms with Gasteiger partial charge in [-0.3, -0.25) is 14.2 Å². The quantitative estimate of drug-likeness (QED) is 0.306. The number of pyridine rings is 1. The number of carbonyl (C=O) groups is 1. The lowest BCUT2D eigenvalue weighted by Gasteiger charge is -2.39. The van der Waals surface area contributed by atoms with Gasteiger partial charge in [0, 0.05) is 31.0 Å². The van der Waals surface area contributed by atoms with Crippen molar-refractivity contribution in [1.82, 2.24) is 24.5 Å². The van der Waals surface area contributed by atoms with Gasteiger partial charge in [0.1, 0.15) is 22.2 Å². The summed E-state index contributed by atoms with van der Waals surface area (Å²) in [6.07, 6.45) is 7.61. The second-order valence-electron chi connectivity index (χ2n) is 11.8. The van der Waals surface area contributed by atoms with Crippen molar-refractivity contribution < 1.29 is 14.6 Å². The number of hydrogen-bond acceptors (Lipinski definition) is 10. The Labute approximate surface area is 263 Å². The van der Waals surface area contributed by atoms with Crippen LogP contribution in [0.25, 0.3) is 11.2 Å². The molecule has 2 fully saturated rings. The van der Waals surface area contributed by atoms with Gasteiger partial charge in [0.15, 0.2) is 11.2 Å². The van der Waals surface area contributed by atoms with E-state index in [9.17, 15) is 14.7 Å². The van der Waals surface area contributed by atoms with Crippen LogP contribution >= 0.6 is 23.4 Å². The van der Waals surface area contributed by atoms with Crippen molar-refractivity contribution in [2.45, 2.75) is 68.0 Å². The van der Waals surface area contributed by atoms with Crippen molar-refractivity contribution in [2.24, 2.45) is 5.41 Å². The number of rotatable bonds is 5. The van der Waals surface area contributed by atoms with Gasteiger partial charge in [-0.25, -0.2) is 15.0 Å². The fraction of sp³-hybridized carbons (Fsp3) is 0.419. The van der Waals surface area contributed by atoms with Gasteiger partial charge in [-0.15, -0.1) is 0 Å². The molecule has 3 aliphatic rings. The number of carbonyl (C=O) groups excluding carboxylic acids is 1. The highest BCUT2D eigenvalue weighted by Gasteiger charge is 2.41. The Kier molecular flexibility index (Phi) is 7.67. The summed E-state index contributed by atoms with van der Waals surface area (Å²) in [5.41, 5.74) is 0.881. The zero-order chi connectivity index (χ0) is 30.4. The highest BCUT2D eigenvalue weighted by molar-refractivity contribution is 7.99. The lowest BCUT2D eigenvalue weighted by molar-refractivity contribution is 0.0976. The number of nitrogens with zero attached hydrogens (tertiary/aromatic N) is 6. The minimum absolute atomic E-state index is 0.275. The van der Waals surface area contributed by atoms with Gasteiger partial charge in [0.05, 0.1) is 29.6 Å². The zero-order valence-electron chi connectivity index (χ0n) is 24.3. The van der Waals surface area contributed by atoms with Gasteiger partial charge < -0.3 is 20.1 Å². The SMILES string of the molecule is C[C@H]1CC2(CCN(c3ccc4nc(Sc5cccc(NC(=O)c6c(O)nc7n(c6=O)CCCC7)c5Cl)cnc4n3)CC2)CO1. The first-order valence-electron chi connectivity index (χ1n) is 14.9. The van der Waals surface area contributed by atoms with E-state index in [0.717, 1.165) is 57.6 Å². The molecule has 1 amide bonds. The summed E-state index contributed by atoms with van der Waals surface area (Å²) in [5.74, 6) is 0.0453. The summed E-state index contributed by atoms with van der Waals surface area (Å²) in [6.45, 7) is 5.36. The number of amides is 1. The number of hydrogen-bond donors (Lipinski definition) is 2. The van der Waals surface area contributed by atoms with E-state index in [1.165, 1.54) is 16.3 Å². The minimum Gasteiger partial charge on any atom is -0.493 e. The van der Waals surface area contributed by atoms with Gasteiger partial charge in [0.2, 0.25) is 5.88 Å². The summed E-state index contributed by atoms with van der Waals surface area (Å²) < 4.78 is 7.32. The van der Waals surface area contributed by atoms with Crippen LogP contribution < -0.4 is 15.8 Å². The van der Waals surface area contributed by atoms with E-state index < -0.39 is 22.9 Å². The Morgan fingerprint density at radius 3 is 2.77 bits per heavy atom. The van der Waals surface area contributed by atoms with Crippen LogP contribution in [0.1, 0.15) is 55.2 Å². The van der Waals surface area contributed by atoms with E-state index in [-0.39, 0.29) is 5.02 Å². The van der Waals surface area contributed by atoms with Gasteiger partial charge in [-0.2, -0.15) is 4.98 Å². The maximum Gasteiger partial charge on any atom is 0.270 e. The molecule has 228 valence electrons. The van der Waals surface area contributed by atoms with Crippen molar-refractivity contribution in [3.63, 3.8) is 0 Å². The van der Waals surface area contributed by atoms with Gasteiger partial charge in [-0.1, -0.05) is 29.4 Å². The summed E-state index contributed by atoms with van der Waals surface area (Å²) in [6, 6.07) is 9.11. The Hall–Kier alpha value is -3.74. The van der Waals surface area contributed by atoms with Crippen LogP contribution in [-0.2, 0) is 17.7 Å². The molecular formula is C31H32ClN7O4S. The molecule has 1 spiro atoms. The smallest absolute Gasteiger partial charge is 0.270 e. The summed E-state index contributed by atoms with van der Waals surface area (Å²) in [5, 5.41) is 14.0. The molecule has 3 aromatic heterocycles. The molecule has 0 aliphatic carbocycles. The molecule has 6 heterocycles. The maximum absolute atomic E-state index is 13.1. The first kappa shape index (κ1) is 29.0. The van der Waals surface area contributed by atoms with E-state index in [0.29, 0.717) is 57.1 Å². The molecule has 4 aromatic rings. The first-order chi connectivity index (χ1) is 21.3. The Morgan fingerprint density at radius 2 is 1.98 bits per heavy atom. The highest BCUT2D eigenvalue weighted by Crippen LogP contribution is 2.42. The molecule has 7 rings (SSSR count). The fourth-order valence-electron chi connectivity index (χ4n) is 6.45. The first-order valence-corrected chi connectivity index (χ1v) is 16.1. The third-order valence-corrected chi connectivity index (χ3v) is 10.3. The summed E-state index contributed by atoms with van der Waals surface area (Å²) >= 11 is 7.99. The molecule has 0 bridgehead atoms. The second kappa shape index (κ2) is 11.6. The number of ether oxygens (including phenoxy) is 1. The topological polar surface area (TPSA) is 135 Å². The molecule has 1 atom stereocenters. The summed E-state index contributed by atoms with van der Waals surface area (Å²) in [4.78, 5) is 47.2. The number of anilines is 2. The van der Waals surface area contributed by atoms with Crippen LogP contribution in [-0.4, -0.2) is 61.3 Å². The average molecular weight is 634 g/mol. The number of fused-ring (bicyclic) bond motifs is 2. The molecular weight excluding hydrogens is 602 g/mol. The number of piperidine rings is 1. The Morgan fingerprint density at radius 1 is 1.14 bits per heavy atom. The Balaban J connectivity index is 1.06. The molecule has 11 nitrogen and oxygen atoms in total. The minimum atomic E-state index is -0.771. The van der Waals surface area contributed by atoms with Crippen LogP contribution in [0.4, 0.5) is 11.5 Å². The predicted molar refractivity (Wildman–Crippen MR) is 168 cm³/mol. The second-order valence-corrected chi connectivity index (χ2v) is 13.3. The van der Waals surface area contributed by atoms with Crippen LogP contribution in [0.2, 0.25) is 5.02 Å². The number of benzene rings is 1. The van der Waals surface area contributed by atoms with E-state index in [1.807, 2.05) is 18.2 Å². The van der Waals surface area contributed by atoms with Crippen molar-refractivity contribution >= 4 is 51.9 Å². The van der Waals surface area contributed by atoms with E-state index in [1.54, 1.807) is 18.3 Å². The molecule has 2 saturated heterocycles. The number of aromatic nitrogens is 5. The Bertz CT molecular complexity index is 1830. The number of halogens is 1. The average Bonchev–Trinajstić information content (AvgIpc) is 3.38. The largest absolute Gasteiger partial charge is 0.493 e. The van der Waals surface area contributed by atoms with E-state index in [4.69, 9.17) is 26.3 Å². The number of aryl methyl sites for hydroxylation is 1. The maximum atomic E-state index is 13.1. The van der Waals surface area contributed by atoms with Crippen LogP contribution in [0.3, 0.4) is 0 Å². The van der Waals surface area contributed by atoms with Crippen molar-refractivity contribution in [2.75, 3.05) is 29.9 Å². The van der Waals surface area contributed by atoms with Gasteiger partial charge in [-0.05, 0) is 68.7 Å². The lowest BCUT2D eigenvalue weighted by Crippen LogP contribution is -2.41. The number of nitrogens with one attached hydrogen (secondary N) is 1. The van der Waals surface area contributed by atoms with Crippen LogP contribution in [0.15, 0.2) is 51.2 Å². The molecule has 2 N–H and O–H groups in total. The van der Waals surface area contributed by atoms with E-state index in [2.05, 4.69) is 27.1 Å². The third-order valence-electron chi connectivity index (χ3n) is 8.82. The lowest BCUT2D eigenvalue weighted by atomic mass is 9.77. The zero-order valence-corrected chi connectivity index (χ0v) is 25.8. The van der Waals surface area contributed by atoms with Crippen molar-refractivity contribution in [1.29, 1.82) is 0 Å². The van der Waals surface area contributed by atoms with Gasteiger partial charge in [0.25, 0.3) is 11.5 Å². The molecule has 0 saturated carbocycles. The molecule has 13 heteroatoms. The molecule has 3 aliphatic heterocycles. The highest BCUT2D eigenvalue weighted by atomic mass is 35.5. The number of aromatic hydroxyl groups is 1. The van der Waals surface area contributed by atoms with Crippen molar-refractivity contribution in [3.8, 4) is 5.88 Å². The normalized spacial score (nSPS) is 19.3. The summed E-state index contributed by atoms with van der Waals surface area (Å²) in [7, 11) is 0. The fourth-order valence-corrected chi connectivity index (χ4v) is 7.56. The standard InChI is InChI=1S/C31H32ClN7O4S/c1-18-15-31(17-43-18)10-13-38(14-11-31)22-9-8-20-27(36-22)33-16-24(34-20)44-21-6-4-5-19(26(21)32)35-28(40)25-29(41)37-23-7-2-3-12-39(23)30(25)42/h4-6,8-9,16,18,41H,2-3,7,10-15,17H2,1H3,(H,35,40)/t18-/m0/s1. The molecule has 0 radical (unpaired) electrons.